The van der Waals surface area contributed by atoms with Crippen molar-refractivity contribution < 1.29 is 4.74 Å². The lowest BCUT2D eigenvalue weighted by Gasteiger charge is -2.21. The summed E-state index contributed by atoms with van der Waals surface area (Å²) in [6.45, 7) is 5.57. The summed E-state index contributed by atoms with van der Waals surface area (Å²) in [5.74, 6) is 1.91. The van der Waals surface area contributed by atoms with Crippen molar-refractivity contribution in [2.45, 2.75) is 26.4 Å². The summed E-state index contributed by atoms with van der Waals surface area (Å²) in [5.41, 5.74) is 7.01. The van der Waals surface area contributed by atoms with Crippen molar-refractivity contribution in [3.8, 4) is 17.1 Å². The van der Waals surface area contributed by atoms with Gasteiger partial charge in [0.05, 0.1) is 30.6 Å². The Hall–Kier alpha value is -3.53. The highest BCUT2D eigenvalue weighted by atomic mass is 16.5. The molecule has 4 nitrogen and oxygen atoms in total. The minimum absolute atomic E-state index is 0.00860. The molecule has 1 aliphatic rings. The van der Waals surface area contributed by atoms with E-state index >= 15 is 0 Å². The van der Waals surface area contributed by atoms with Crippen LogP contribution in [0.4, 0.5) is 5.69 Å². The first-order chi connectivity index (χ1) is 14.7. The zero-order valence-corrected chi connectivity index (χ0v) is 17.3. The summed E-state index contributed by atoms with van der Waals surface area (Å²) >= 11 is 0. The lowest BCUT2D eigenvalue weighted by Crippen LogP contribution is -2.15. The molecule has 0 radical (unpaired) electrons. The van der Waals surface area contributed by atoms with E-state index < -0.39 is 0 Å². The van der Waals surface area contributed by atoms with Crippen LogP contribution < -0.4 is 10.1 Å². The quantitative estimate of drug-likeness (QED) is 0.473. The third kappa shape index (κ3) is 3.24. The number of anilines is 1. The highest BCUT2D eigenvalue weighted by molar-refractivity contribution is 5.62. The van der Waals surface area contributed by atoms with E-state index in [4.69, 9.17) is 9.72 Å². The van der Waals surface area contributed by atoms with E-state index in [1.54, 1.807) is 0 Å². The number of imidazole rings is 1. The molecule has 4 heteroatoms. The van der Waals surface area contributed by atoms with Gasteiger partial charge in [-0.25, -0.2) is 4.98 Å². The smallest absolute Gasteiger partial charge is 0.140 e. The van der Waals surface area contributed by atoms with E-state index in [9.17, 15) is 0 Å². The maximum absolute atomic E-state index is 5.65. The molecule has 150 valence electrons. The number of benzene rings is 3. The monoisotopic (exact) mass is 395 g/mol. The van der Waals surface area contributed by atoms with Gasteiger partial charge in [-0.05, 0) is 43.2 Å². The van der Waals surface area contributed by atoms with Gasteiger partial charge in [0, 0.05) is 11.3 Å². The number of nitrogens with zero attached hydrogens (tertiary/aromatic N) is 2. The molecular formula is C26H25N3O. The molecule has 0 saturated heterocycles. The van der Waals surface area contributed by atoms with Gasteiger partial charge >= 0.3 is 0 Å². The van der Waals surface area contributed by atoms with Crippen LogP contribution in [-0.2, 0) is 6.54 Å². The number of para-hydroxylation sites is 1. The first-order valence-electron chi connectivity index (χ1n) is 10.4. The summed E-state index contributed by atoms with van der Waals surface area (Å²) in [4.78, 5) is 5.00. The van der Waals surface area contributed by atoms with Crippen molar-refractivity contribution in [1.82, 2.24) is 9.55 Å². The molecule has 0 fully saturated rings. The number of hydrogen-bond acceptors (Lipinski definition) is 3. The van der Waals surface area contributed by atoms with E-state index in [1.165, 1.54) is 22.5 Å². The largest absolute Gasteiger partial charge is 0.494 e. The zero-order valence-electron chi connectivity index (χ0n) is 17.3. The first-order valence-corrected chi connectivity index (χ1v) is 10.4. The van der Waals surface area contributed by atoms with E-state index in [1.807, 2.05) is 25.1 Å². The number of ether oxygens (including phenoxy) is 1. The Morgan fingerprint density at radius 2 is 1.70 bits per heavy atom. The average Bonchev–Trinajstić information content (AvgIpc) is 2.99. The van der Waals surface area contributed by atoms with Gasteiger partial charge in [0.15, 0.2) is 0 Å². The molecule has 0 amide bonds. The summed E-state index contributed by atoms with van der Waals surface area (Å²) in [6.07, 6.45) is 0. The highest BCUT2D eigenvalue weighted by Crippen LogP contribution is 2.37. The second-order valence-electron chi connectivity index (χ2n) is 7.59. The van der Waals surface area contributed by atoms with Crippen LogP contribution in [0.1, 0.15) is 35.5 Å². The van der Waals surface area contributed by atoms with Crippen molar-refractivity contribution in [3.05, 3.63) is 101 Å². The summed E-state index contributed by atoms with van der Waals surface area (Å²) < 4.78 is 8.01. The Bertz CT molecular complexity index is 1160. The van der Waals surface area contributed by atoms with Gasteiger partial charge in [-0.2, -0.15) is 0 Å². The molecule has 3 aromatic carbocycles. The Labute approximate surface area is 177 Å². The van der Waals surface area contributed by atoms with Gasteiger partial charge < -0.3 is 14.6 Å². The maximum atomic E-state index is 5.65. The Morgan fingerprint density at radius 3 is 2.47 bits per heavy atom. The second-order valence-corrected chi connectivity index (χ2v) is 7.59. The van der Waals surface area contributed by atoms with Crippen LogP contribution in [0.5, 0.6) is 5.75 Å². The van der Waals surface area contributed by atoms with E-state index in [0.717, 1.165) is 29.4 Å². The topological polar surface area (TPSA) is 39.1 Å². The fourth-order valence-electron chi connectivity index (χ4n) is 4.28. The molecule has 0 bridgehead atoms. The molecule has 4 aromatic rings. The Morgan fingerprint density at radius 1 is 0.967 bits per heavy atom. The van der Waals surface area contributed by atoms with Crippen LogP contribution in [0.25, 0.3) is 11.4 Å². The van der Waals surface area contributed by atoms with Crippen molar-refractivity contribution in [3.63, 3.8) is 0 Å². The number of nitrogens with one attached hydrogen (secondary N) is 1. The Balaban J connectivity index is 1.68. The lowest BCUT2D eigenvalue weighted by molar-refractivity contribution is 0.340. The molecular weight excluding hydrogens is 370 g/mol. The molecule has 1 N–H and O–H groups in total. The molecule has 1 aliphatic heterocycles. The van der Waals surface area contributed by atoms with Gasteiger partial charge in [-0.3, -0.25) is 0 Å². The van der Waals surface area contributed by atoms with Crippen LogP contribution >= 0.6 is 0 Å². The highest BCUT2D eigenvalue weighted by Gasteiger charge is 2.28. The fourth-order valence-corrected chi connectivity index (χ4v) is 4.28. The van der Waals surface area contributed by atoms with Crippen molar-refractivity contribution in [2.24, 2.45) is 0 Å². The van der Waals surface area contributed by atoms with Crippen LogP contribution in [0.15, 0.2) is 78.9 Å². The van der Waals surface area contributed by atoms with Gasteiger partial charge in [-0.15, -0.1) is 0 Å². The molecule has 1 unspecified atom stereocenters. The van der Waals surface area contributed by atoms with Crippen molar-refractivity contribution in [1.29, 1.82) is 0 Å². The van der Waals surface area contributed by atoms with Gasteiger partial charge in [-0.1, -0.05) is 60.7 Å². The summed E-state index contributed by atoms with van der Waals surface area (Å²) in [7, 11) is 0. The number of aryl methyl sites for hydroxylation is 1. The van der Waals surface area contributed by atoms with Crippen molar-refractivity contribution in [2.75, 3.05) is 11.9 Å². The number of fused-ring (bicyclic) bond motifs is 2. The molecule has 1 aromatic heterocycles. The molecule has 0 spiro atoms. The molecule has 30 heavy (non-hydrogen) atoms. The number of aromatic nitrogens is 2. The van der Waals surface area contributed by atoms with Crippen LogP contribution in [0.3, 0.4) is 0 Å². The molecule has 0 aliphatic carbocycles. The minimum Gasteiger partial charge on any atom is -0.494 e. The zero-order chi connectivity index (χ0) is 20.5. The number of rotatable bonds is 4. The van der Waals surface area contributed by atoms with E-state index in [2.05, 4.69) is 77.5 Å². The predicted molar refractivity (Wildman–Crippen MR) is 121 cm³/mol. The molecule has 2 heterocycles. The SMILES string of the molecule is CCOc1ccc(C2Nc3ccccc3Cn3c(-c4ccccc4)nc(C)c32)cc1. The normalized spacial score (nSPS) is 14.9. The standard InChI is InChI=1S/C26H25N3O/c1-3-30-22-15-13-19(14-16-22)24-25-18(2)27-26(20-9-5-4-6-10-20)29(25)17-21-11-7-8-12-23(21)28-24/h4-16,24,28H,3,17H2,1-2H3. The van der Waals surface area contributed by atoms with E-state index in [-0.39, 0.29) is 6.04 Å². The minimum atomic E-state index is 0.00860. The molecule has 5 rings (SSSR count). The molecule has 1 atom stereocenters. The third-order valence-corrected chi connectivity index (χ3v) is 5.67. The summed E-state index contributed by atoms with van der Waals surface area (Å²) in [6, 6.07) is 27.4. The summed E-state index contributed by atoms with van der Waals surface area (Å²) in [5, 5.41) is 3.79. The van der Waals surface area contributed by atoms with Crippen LogP contribution in [-0.4, -0.2) is 16.2 Å². The third-order valence-electron chi connectivity index (χ3n) is 5.67. The van der Waals surface area contributed by atoms with Crippen LogP contribution in [0, 0.1) is 6.92 Å². The Kier molecular flexibility index (Phi) is 4.75. The first kappa shape index (κ1) is 18.5. The van der Waals surface area contributed by atoms with Crippen LogP contribution in [0.2, 0.25) is 0 Å². The maximum Gasteiger partial charge on any atom is 0.140 e. The fraction of sp³-hybridized carbons (Fsp3) is 0.192. The predicted octanol–water partition coefficient (Wildman–Crippen LogP) is 5.82. The van der Waals surface area contributed by atoms with E-state index in [0.29, 0.717) is 6.61 Å². The molecule has 0 saturated carbocycles. The van der Waals surface area contributed by atoms with Gasteiger partial charge in [0.2, 0.25) is 0 Å². The van der Waals surface area contributed by atoms with Gasteiger partial charge in [0.25, 0.3) is 0 Å². The average molecular weight is 396 g/mol. The van der Waals surface area contributed by atoms with Crippen molar-refractivity contribution >= 4 is 5.69 Å². The lowest BCUT2D eigenvalue weighted by atomic mass is 10.0. The van der Waals surface area contributed by atoms with Gasteiger partial charge in [0.1, 0.15) is 11.6 Å². The number of hydrogen-bond donors (Lipinski definition) is 1. The second kappa shape index (κ2) is 7.71.